The summed E-state index contributed by atoms with van der Waals surface area (Å²) in [6.07, 6.45) is -4.00. The third-order valence-electron chi connectivity index (χ3n) is 5.23. The molecule has 0 spiro atoms. The van der Waals surface area contributed by atoms with Crippen LogP contribution in [-0.2, 0) is 18.9 Å². The molecule has 28 heavy (non-hydrogen) atoms. The zero-order chi connectivity index (χ0) is 19.7. The third kappa shape index (κ3) is 3.98. The van der Waals surface area contributed by atoms with E-state index in [1.165, 1.54) is 0 Å². The largest absolute Gasteiger partial charge is 0.394 e. The smallest absolute Gasteiger partial charge is 0.184 e. The molecule has 2 unspecified atom stereocenters. The summed E-state index contributed by atoms with van der Waals surface area (Å²) in [7, 11) is 0. The molecule has 0 aromatic heterocycles. The molecule has 2 fully saturated rings. The maximum absolute atomic E-state index is 10.4. The van der Waals surface area contributed by atoms with Crippen LogP contribution in [0.4, 0.5) is 0 Å². The summed E-state index contributed by atoms with van der Waals surface area (Å²) in [5.41, 5.74) is 4.02. The lowest BCUT2D eigenvalue weighted by Crippen LogP contribution is -2.58. The Morgan fingerprint density at radius 2 is 1.43 bits per heavy atom. The zero-order valence-corrected chi connectivity index (χ0v) is 16.0. The van der Waals surface area contributed by atoms with E-state index in [2.05, 4.69) is 0 Å². The fourth-order valence-corrected chi connectivity index (χ4v) is 3.56. The highest BCUT2D eigenvalue weighted by Crippen LogP contribution is 2.38. The summed E-state index contributed by atoms with van der Waals surface area (Å²) >= 11 is 0. The monoisotopic (exact) mass is 386 g/mol. The molecular formula is C22H26O6. The first-order valence-electron chi connectivity index (χ1n) is 9.55. The van der Waals surface area contributed by atoms with Crippen LogP contribution in [0.15, 0.2) is 48.5 Å². The van der Waals surface area contributed by atoms with Crippen molar-refractivity contribution in [3.05, 3.63) is 70.8 Å². The molecule has 6 heteroatoms. The summed E-state index contributed by atoms with van der Waals surface area (Å²) in [4.78, 5) is 0. The standard InChI is InChI=1S/C22H26O6/c1-13-3-7-15(8-4-13)21-25-12-18-20(28-21)19(17(24)11-23)27-22(26-18)16-9-5-14(2)6-10-16/h3-10,17-24H,11-12H2,1-2H3/t17-,18+,19-,20-,21?,22?/m1/s1. The SMILES string of the molecule is Cc1ccc(C2OC[C@@H]3OC(c4ccc(C)cc4)O[C@H]([C@H](O)CO)[C@@H]3O2)cc1. The predicted octanol–water partition coefficient (Wildman–Crippen LogP) is 2.55. The number of hydrogen-bond acceptors (Lipinski definition) is 6. The number of aliphatic hydroxyl groups excluding tert-OH is 2. The Kier molecular flexibility index (Phi) is 5.78. The second kappa shape index (κ2) is 8.29. The molecule has 0 radical (unpaired) electrons. The van der Waals surface area contributed by atoms with E-state index in [1.54, 1.807) is 0 Å². The number of ether oxygens (including phenoxy) is 4. The lowest BCUT2D eigenvalue weighted by atomic mass is 9.99. The van der Waals surface area contributed by atoms with Crippen LogP contribution in [0.3, 0.4) is 0 Å². The van der Waals surface area contributed by atoms with Gasteiger partial charge in [0.25, 0.3) is 0 Å². The highest BCUT2D eigenvalue weighted by molar-refractivity contribution is 5.24. The van der Waals surface area contributed by atoms with E-state index in [4.69, 9.17) is 18.9 Å². The molecule has 150 valence electrons. The minimum atomic E-state index is -1.08. The first-order valence-corrected chi connectivity index (χ1v) is 9.55. The topological polar surface area (TPSA) is 77.4 Å². The number of aliphatic hydroxyl groups is 2. The van der Waals surface area contributed by atoms with E-state index in [0.29, 0.717) is 6.61 Å². The van der Waals surface area contributed by atoms with Gasteiger partial charge in [-0.25, -0.2) is 0 Å². The Labute approximate surface area is 164 Å². The molecule has 0 amide bonds. The maximum atomic E-state index is 10.4. The van der Waals surface area contributed by atoms with Gasteiger partial charge in [0.2, 0.25) is 0 Å². The van der Waals surface area contributed by atoms with Gasteiger partial charge in [-0.3, -0.25) is 0 Å². The minimum Gasteiger partial charge on any atom is -0.394 e. The fraction of sp³-hybridized carbons (Fsp3) is 0.455. The fourth-order valence-electron chi connectivity index (χ4n) is 3.56. The van der Waals surface area contributed by atoms with Crippen molar-refractivity contribution in [1.82, 2.24) is 0 Å². The van der Waals surface area contributed by atoms with Crippen molar-refractivity contribution in [3.63, 3.8) is 0 Å². The first-order chi connectivity index (χ1) is 13.5. The molecule has 4 rings (SSSR count). The Morgan fingerprint density at radius 1 is 0.857 bits per heavy atom. The predicted molar refractivity (Wildman–Crippen MR) is 102 cm³/mol. The molecule has 0 saturated carbocycles. The molecule has 0 bridgehead atoms. The molecule has 0 aliphatic carbocycles. The van der Waals surface area contributed by atoms with Crippen molar-refractivity contribution in [2.75, 3.05) is 13.2 Å². The number of rotatable bonds is 4. The van der Waals surface area contributed by atoms with E-state index < -0.39 is 43.6 Å². The van der Waals surface area contributed by atoms with Crippen LogP contribution in [0.1, 0.15) is 34.8 Å². The number of benzene rings is 2. The minimum absolute atomic E-state index is 0.309. The lowest BCUT2D eigenvalue weighted by molar-refractivity contribution is -0.373. The maximum Gasteiger partial charge on any atom is 0.184 e. The van der Waals surface area contributed by atoms with Crippen molar-refractivity contribution in [3.8, 4) is 0 Å². The van der Waals surface area contributed by atoms with Gasteiger partial charge in [0.15, 0.2) is 12.6 Å². The molecule has 6 nitrogen and oxygen atoms in total. The van der Waals surface area contributed by atoms with Crippen LogP contribution in [0.2, 0.25) is 0 Å². The Balaban J connectivity index is 1.55. The van der Waals surface area contributed by atoms with Gasteiger partial charge < -0.3 is 29.2 Å². The van der Waals surface area contributed by atoms with E-state index in [-0.39, 0.29) is 0 Å². The van der Waals surface area contributed by atoms with Crippen LogP contribution in [0, 0.1) is 13.8 Å². The van der Waals surface area contributed by atoms with Crippen LogP contribution >= 0.6 is 0 Å². The average Bonchev–Trinajstić information content (AvgIpc) is 2.73. The molecule has 2 aromatic rings. The van der Waals surface area contributed by atoms with E-state index in [1.807, 2.05) is 62.4 Å². The normalized spacial score (nSPS) is 31.2. The van der Waals surface area contributed by atoms with Gasteiger partial charge in [-0.05, 0) is 13.8 Å². The van der Waals surface area contributed by atoms with Gasteiger partial charge in [0, 0.05) is 11.1 Å². The summed E-state index contributed by atoms with van der Waals surface area (Å²) in [5.74, 6) is 0. The highest BCUT2D eigenvalue weighted by atomic mass is 16.8. The van der Waals surface area contributed by atoms with Gasteiger partial charge in [-0.15, -0.1) is 0 Å². The van der Waals surface area contributed by atoms with Crippen molar-refractivity contribution in [2.24, 2.45) is 0 Å². The summed E-state index contributed by atoms with van der Waals surface area (Å²) in [5, 5.41) is 19.9. The lowest BCUT2D eigenvalue weighted by Gasteiger charge is -2.47. The van der Waals surface area contributed by atoms with Gasteiger partial charge in [0.05, 0.1) is 13.2 Å². The zero-order valence-electron chi connectivity index (χ0n) is 16.0. The van der Waals surface area contributed by atoms with Crippen LogP contribution in [0.5, 0.6) is 0 Å². The summed E-state index contributed by atoms with van der Waals surface area (Å²) in [6.45, 7) is 3.91. The Morgan fingerprint density at radius 3 is 2.00 bits per heavy atom. The molecule has 2 heterocycles. The van der Waals surface area contributed by atoms with Crippen LogP contribution in [-0.4, -0.2) is 47.8 Å². The molecular weight excluding hydrogens is 360 g/mol. The molecule has 2 aromatic carbocycles. The quantitative estimate of drug-likeness (QED) is 0.841. The van der Waals surface area contributed by atoms with Crippen molar-refractivity contribution < 1.29 is 29.2 Å². The van der Waals surface area contributed by atoms with Crippen LogP contribution < -0.4 is 0 Å². The summed E-state index contributed by atoms with van der Waals surface area (Å²) < 4.78 is 24.1. The van der Waals surface area contributed by atoms with E-state index >= 15 is 0 Å². The average molecular weight is 386 g/mol. The van der Waals surface area contributed by atoms with E-state index in [0.717, 1.165) is 22.3 Å². The Bertz CT molecular complexity index is 773. The second-order valence-corrected chi connectivity index (χ2v) is 7.44. The van der Waals surface area contributed by atoms with Gasteiger partial charge in [-0.1, -0.05) is 59.7 Å². The van der Waals surface area contributed by atoms with Gasteiger partial charge in [-0.2, -0.15) is 0 Å². The molecule has 2 saturated heterocycles. The highest BCUT2D eigenvalue weighted by Gasteiger charge is 2.48. The molecule has 2 N–H and O–H groups in total. The van der Waals surface area contributed by atoms with Gasteiger partial charge >= 0.3 is 0 Å². The van der Waals surface area contributed by atoms with Gasteiger partial charge in [0.1, 0.15) is 24.4 Å². The third-order valence-corrected chi connectivity index (χ3v) is 5.23. The van der Waals surface area contributed by atoms with Crippen molar-refractivity contribution in [2.45, 2.75) is 50.8 Å². The van der Waals surface area contributed by atoms with Crippen molar-refractivity contribution >= 4 is 0 Å². The number of hydrogen-bond donors (Lipinski definition) is 2. The molecule has 6 atom stereocenters. The van der Waals surface area contributed by atoms with Crippen LogP contribution in [0.25, 0.3) is 0 Å². The molecule has 2 aliphatic rings. The van der Waals surface area contributed by atoms with E-state index in [9.17, 15) is 10.2 Å². The number of aryl methyl sites for hydroxylation is 2. The molecule has 2 aliphatic heterocycles. The van der Waals surface area contributed by atoms with Crippen molar-refractivity contribution in [1.29, 1.82) is 0 Å². The summed E-state index contributed by atoms with van der Waals surface area (Å²) in [6, 6.07) is 15.7. The number of fused-ring (bicyclic) bond motifs is 1. The first kappa shape index (κ1) is 19.5. The Hall–Kier alpha value is -1.80. The second-order valence-electron chi connectivity index (χ2n) is 7.44.